The Balaban J connectivity index is 2.03. The van der Waals surface area contributed by atoms with Gasteiger partial charge in [0, 0.05) is 5.41 Å². The Hall–Kier alpha value is -0.290. The molecule has 6 heteroatoms. The molecule has 0 aromatic carbocycles. The minimum absolute atomic E-state index is 0.00440. The summed E-state index contributed by atoms with van der Waals surface area (Å²) in [5.74, 6) is -0.0547. The average Bonchev–Trinajstić information content (AvgIpc) is 2.84. The van der Waals surface area contributed by atoms with Crippen molar-refractivity contribution in [3.63, 3.8) is 0 Å². The van der Waals surface area contributed by atoms with Crippen molar-refractivity contribution in [2.75, 3.05) is 11.5 Å². The number of sulfone groups is 1. The predicted octanol–water partition coefficient (Wildman–Crippen LogP) is 1.48. The smallest absolute Gasteiger partial charge is 0.226 e. The third-order valence-electron chi connectivity index (χ3n) is 4.32. The number of carbonyl (C=O) groups excluding carboxylic acids is 1. The molecule has 1 amide bonds. The van der Waals surface area contributed by atoms with Gasteiger partial charge >= 0.3 is 0 Å². The molecular weight excluding hydrogens is 274 g/mol. The molecule has 1 aliphatic heterocycles. The highest BCUT2D eigenvalue weighted by Crippen LogP contribution is 2.41. The van der Waals surface area contributed by atoms with Gasteiger partial charge in [-0.15, -0.1) is 11.6 Å². The second kappa shape index (κ2) is 5.00. The van der Waals surface area contributed by atoms with Crippen molar-refractivity contribution in [2.24, 2.45) is 5.41 Å². The summed E-state index contributed by atoms with van der Waals surface area (Å²) in [6.07, 6.45) is 4.78. The van der Waals surface area contributed by atoms with Crippen LogP contribution in [-0.4, -0.2) is 37.2 Å². The van der Waals surface area contributed by atoms with E-state index in [1.165, 1.54) is 0 Å². The van der Waals surface area contributed by atoms with Crippen LogP contribution in [0.1, 0.15) is 39.0 Å². The van der Waals surface area contributed by atoms with Gasteiger partial charge in [0.05, 0.1) is 22.9 Å². The first-order valence-electron chi connectivity index (χ1n) is 6.54. The van der Waals surface area contributed by atoms with Crippen LogP contribution in [0.5, 0.6) is 0 Å². The van der Waals surface area contributed by atoms with Gasteiger partial charge in [0.2, 0.25) is 5.91 Å². The van der Waals surface area contributed by atoms with Crippen LogP contribution >= 0.6 is 11.6 Å². The number of alkyl halides is 1. The second-order valence-electron chi connectivity index (χ2n) is 5.51. The van der Waals surface area contributed by atoms with Gasteiger partial charge in [0.1, 0.15) is 0 Å². The number of hydrogen-bond acceptors (Lipinski definition) is 3. The first-order chi connectivity index (χ1) is 8.38. The minimum Gasteiger partial charge on any atom is -0.350 e. The fraction of sp³-hybridized carbons (Fsp3) is 0.917. The van der Waals surface area contributed by atoms with Crippen LogP contribution < -0.4 is 5.32 Å². The lowest BCUT2D eigenvalue weighted by Crippen LogP contribution is -2.47. The Morgan fingerprint density at radius 3 is 2.39 bits per heavy atom. The lowest BCUT2D eigenvalue weighted by molar-refractivity contribution is -0.131. The van der Waals surface area contributed by atoms with E-state index in [0.29, 0.717) is 0 Å². The monoisotopic (exact) mass is 293 g/mol. The lowest BCUT2D eigenvalue weighted by atomic mass is 9.82. The summed E-state index contributed by atoms with van der Waals surface area (Å²) in [5, 5.41) is 2.38. The fourth-order valence-electron chi connectivity index (χ4n) is 3.05. The van der Waals surface area contributed by atoms with Crippen molar-refractivity contribution >= 4 is 27.3 Å². The molecule has 18 heavy (non-hydrogen) atoms. The summed E-state index contributed by atoms with van der Waals surface area (Å²) in [6.45, 7) is 2.02. The summed E-state index contributed by atoms with van der Waals surface area (Å²) in [7, 11) is -3.09. The Bertz CT molecular complexity index is 429. The molecule has 1 N–H and O–H groups in total. The normalized spacial score (nSPS) is 33.4. The zero-order valence-corrected chi connectivity index (χ0v) is 12.2. The van der Waals surface area contributed by atoms with Gasteiger partial charge in [-0.2, -0.15) is 0 Å². The third kappa shape index (κ3) is 2.67. The Morgan fingerprint density at radius 2 is 1.94 bits per heavy atom. The van der Waals surface area contributed by atoms with Crippen LogP contribution in [-0.2, 0) is 14.6 Å². The van der Waals surface area contributed by atoms with Crippen molar-refractivity contribution in [2.45, 2.75) is 50.4 Å². The van der Waals surface area contributed by atoms with E-state index in [4.69, 9.17) is 11.6 Å². The quantitative estimate of drug-likeness (QED) is 0.802. The second-order valence-corrected chi connectivity index (χ2v) is 8.23. The maximum Gasteiger partial charge on any atom is 0.226 e. The summed E-state index contributed by atoms with van der Waals surface area (Å²) < 4.78 is 22.9. The summed E-state index contributed by atoms with van der Waals surface area (Å²) >= 11 is 6.01. The molecule has 2 atom stereocenters. The Morgan fingerprint density at radius 1 is 1.33 bits per heavy atom. The van der Waals surface area contributed by atoms with Crippen molar-refractivity contribution in [3.8, 4) is 0 Å². The van der Waals surface area contributed by atoms with E-state index < -0.39 is 21.3 Å². The Kier molecular flexibility index (Phi) is 3.93. The minimum atomic E-state index is -3.09. The van der Waals surface area contributed by atoms with Gasteiger partial charge < -0.3 is 5.32 Å². The third-order valence-corrected chi connectivity index (χ3v) is 6.69. The number of nitrogens with one attached hydrogen (secondary N) is 1. The summed E-state index contributed by atoms with van der Waals surface area (Å²) in [6, 6.07) is -0.423. The van der Waals surface area contributed by atoms with E-state index >= 15 is 0 Å². The molecule has 4 nitrogen and oxygen atoms in total. The van der Waals surface area contributed by atoms with Crippen LogP contribution in [0.25, 0.3) is 0 Å². The first kappa shape index (κ1) is 14.1. The molecule has 1 heterocycles. The van der Waals surface area contributed by atoms with Gasteiger partial charge in [-0.3, -0.25) is 4.79 Å². The molecule has 2 fully saturated rings. The number of hydrogen-bond donors (Lipinski definition) is 1. The van der Waals surface area contributed by atoms with Crippen LogP contribution in [0.4, 0.5) is 0 Å². The Labute approximate surface area is 113 Å². The highest BCUT2D eigenvalue weighted by molar-refractivity contribution is 7.91. The number of carbonyl (C=O) groups is 1. The lowest BCUT2D eigenvalue weighted by Gasteiger charge is -2.28. The van der Waals surface area contributed by atoms with Gasteiger partial charge in [0.25, 0.3) is 0 Å². The molecule has 2 unspecified atom stereocenters. The predicted molar refractivity (Wildman–Crippen MR) is 71.4 cm³/mol. The topological polar surface area (TPSA) is 63.2 Å². The van der Waals surface area contributed by atoms with E-state index in [2.05, 4.69) is 5.32 Å². The number of rotatable bonds is 3. The standard InChI is InChI=1S/C12H20ClNO3S/c1-2-12(5-3-4-6-12)11(15)14-10-8-18(16,17)7-9(10)13/h9-10H,2-8H2,1H3,(H,14,15). The molecule has 0 bridgehead atoms. The first-order valence-corrected chi connectivity index (χ1v) is 8.80. The molecule has 0 aromatic heterocycles. The maximum atomic E-state index is 12.3. The molecule has 2 aliphatic rings. The average molecular weight is 294 g/mol. The highest BCUT2D eigenvalue weighted by Gasteiger charge is 2.43. The van der Waals surface area contributed by atoms with Crippen LogP contribution in [0.2, 0.25) is 0 Å². The molecule has 1 aliphatic carbocycles. The summed E-state index contributed by atoms with van der Waals surface area (Å²) in [5.41, 5.74) is -0.289. The van der Waals surface area contributed by atoms with Crippen molar-refractivity contribution in [1.82, 2.24) is 5.32 Å². The fourth-order valence-corrected chi connectivity index (χ4v) is 5.60. The van der Waals surface area contributed by atoms with Crippen LogP contribution in [0.15, 0.2) is 0 Å². The van der Waals surface area contributed by atoms with E-state index in [9.17, 15) is 13.2 Å². The van der Waals surface area contributed by atoms with Crippen LogP contribution in [0.3, 0.4) is 0 Å². The van der Waals surface area contributed by atoms with Gasteiger partial charge in [-0.1, -0.05) is 19.8 Å². The van der Waals surface area contributed by atoms with Gasteiger partial charge in [-0.25, -0.2) is 8.42 Å². The molecule has 1 saturated heterocycles. The zero-order chi connectivity index (χ0) is 13.4. The molecule has 0 aromatic rings. The molecule has 104 valence electrons. The van der Waals surface area contributed by atoms with Gasteiger partial charge in [-0.05, 0) is 19.3 Å². The molecular formula is C12H20ClNO3S. The van der Waals surface area contributed by atoms with Gasteiger partial charge in [0.15, 0.2) is 9.84 Å². The maximum absolute atomic E-state index is 12.3. The molecule has 1 saturated carbocycles. The summed E-state index contributed by atoms with van der Waals surface area (Å²) in [4.78, 5) is 12.3. The highest BCUT2D eigenvalue weighted by atomic mass is 35.5. The van der Waals surface area contributed by atoms with Crippen molar-refractivity contribution in [3.05, 3.63) is 0 Å². The molecule has 0 radical (unpaired) electrons. The number of amides is 1. The number of halogens is 1. The molecule has 2 rings (SSSR count). The van der Waals surface area contributed by atoms with Crippen molar-refractivity contribution < 1.29 is 13.2 Å². The van der Waals surface area contributed by atoms with Crippen LogP contribution in [0, 0.1) is 5.41 Å². The van der Waals surface area contributed by atoms with E-state index in [1.54, 1.807) is 0 Å². The van der Waals surface area contributed by atoms with E-state index in [-0.39, 0.29) is 22.8 Å². The van der Waals surface area contributed by atoms with E-state index in [0.717, 1.165) is 32.1 Å². The van der Waals surface area contributed by atoms with E-state index in [1.807, 2.05) is 6.92 Å². The van der Waals surface area contributed by atoms with Crippen molar-refractivity contribution in [1.29, 1.82) is 0 Å². The SMILES string of the molecule is CCC1(C(=O)NC2CS(=O)(=O)CC2Cl)CCCC1. The zero-order valence-electron chi connectivity index (χ0n) is 10.6. The largest absolute Gasteiger partial charge is 0.350 e. The molecule has 0 spiro atoms.